The molecule has 0 spiro atoms. The maximum absolute atomic E-state index is 12.2. The first kappa shape index (κ1) is 12.6. The molecule has 0 saturated carbocycles. The lowest BCUT2D eigenvalue weighted by molar-refractivity contribution is 0.0711. The lowest BCUT2D eigenvalue weighted by atomic mass is 10.1. The molecule has 1 atom stereocenters. The molecule has 2 amide bonds. The Morgan fingerprint density at radius 2 is 1.89 bits per heavy atom. The third-order valence-electron chi connectivity index (χ3n) is 3.19. The van der Waals surface area contributed by atoms with E-state index in [0.29, 0.717) is 24.3 Å². The van der Waals surface area contributed by atoms with E-state index in [9.17, 15) is 9.59 Å². The third kappa shape index (κ3) is 2.51. The molecule has 5 heteroatoms. The zero-order chi connectivity index (χ0) is 13.1. The maximum Gasteiger partial charge on any atom is 0.253 e. The molecule has 2 rings (SSSR count). The molecule has 1 fully saturated rings. The third-order valence-corrected chi connectivity index (χ3v) is 3.19. The molecule has 2 N–H and O–H groups in total. The fraction of sp³-hybridized carbons (Fsp3) is 0.385. The summed E-state index contributed by atoms with van der Waals surface area (Å²) < 4.78 is 5.26. The van der Waals surface area contributed by atoms with Crippen molar-refractivity contribution in [1.29, 1.82) is 0 Å². The first-order valence-corrected chi connectivity index (χ1v) is 5.84. The molecule has 96 valence electrons. The van der Waals surface area contributed by atoms with Crippen LogP contribution in [0.25, 0.3) is 0 Å². The minimum Gasteiger partial charge on any atom is -0.379 e. The van der Waals surface area contributed by atoms with Gasteiger partial charge in [0.05, 0.1) is 12.6 Å². The maximum atomic E-state index is 12.2. The van der Waals surface area contributed by atoms with Gasteiger partial charge in [-0.2, -0.15) is 0 Å². The molecule has 1 aromatic carbocycles. The van der Waals surface area contributed by atoms with Gasteiger partial charge in [0.2, 0.25) is 5.91 Å². The van der Waals surface area contributed by atoms with Crippen LogP contribution >= 0.6 is 0 Å². The molecule has 1 aliphatic heterocycles. The molecule has 1 heterocycles. The summed E-state index contributed by atoms with van der Waals surface area (Å²) in [6.45, 7) is 1.28. The van der Waals surface area contributed by atoms with Crippen molar-refractivity contribution in [3.8, 4) is 0 Å². The number of hydrogen-bond acceptors (Lipinski definition) is 3. The van der Waals surface area contributed by atoms with Crippen LogP contribution in [-0.2, 0) is 4.74 Å². The summed E-state index contributed by atoms with van der Waals surface area (Å²) in [6, 6.07) is 6.50. The standard InChI is InChI=1S/C13H16N2O3/c1-15(11-6-7-18-8-11)13(17)10-4-2-9(3-5-10)12(14)16/h2-5,11H,6-8H2,1H3,(H2,14,16). The first-order valence-electron chi connectivity index (χ1n) is 5.84. The van der Waals surface area contributed by atoms with Crippen LogP contribution in [0.4, 0.5) is 0 Å². The highest BCUT2D eigenvalue weighted by molar-refractivity contribution is 5.97. The molecule has 0 aromatic heterocycles. The van der Waals surface area contributed by atoms with Gasteiger partial charge < -0.3 is 15.4 Å². The molecular formula is C13H16N2O3. The van der Waals surface area contributed by atoms with Crippen LogP contribution in [0.3, 0.4) is 0 Å². The summed E-state index contributed by atoms with van der Waals surface area (Å²) in [5, 5.41) is 0. The van der Waals surface area contributed by atoms with Crippen molar-refractivity contribution in [2.24, 2.45) is 5.73 Å². The van der Waals surface area contributed by atoms with Crippen LogP contribution in [0.15, 0.2) is 24.3 Å². The number of carbonyl (C=O) groups is 2. The number of amides is 2. The SMILES string of the molecule is CN(C(=O)c1ccc(C(N)=O)cc1)C1CCOC1. The van der Waals surface area contributed by atoms with Crippen molar-refractivity contribution in [1.82, 2.24) is 4.90 Å². The summed E-state index contributed by atoms with van der Waals surface area (Å²) in [5.41, 5.74) is 6.10. The fourth-order valence-corrected chi connectivity index (χ4v) is 1.97. The van der Waals surface area contributed by atoms with Crippen molar-refractivity contribution in [2.45, 2.75) is 12.5 Å². The minimum atomic E-state index is -0.494. The van der Waals surface area contributed by atoms with Crippen molar-refractivity contribution >= 4 is 11.8 Å². The highest BCUT2D eigenvalue weighted by Crippen LogP contribution is 2.14. The lowest BCUT2D eigenvalue weighted by Gasteiger charge is -2.23. The second-order valence-corrected chi connectivity index (χ2v) is 4.38. The Hall–Kier alpha value is -1.88. The smallest absolute Gasteiger partial charge is 0.253 e. The number of nitrogens with two attached hydrogens (primary N) is 1. The predicted molar refractivity (Wildman–Crippen MR) is 66.3 cm³/mol. The van der Waals surface area contributed by atoms with E-state index >= 15 is 0 Å². The van der Waals surface area contributed by atoms with Gasteiger partial charge in [-0.1, -0.05) is 0 Å². The average molecular weight is 248 g/mol. The summed E-state index contributed by atoms with van der Waals surface area (Å²) in [5.74, 6) is -0.562. The number of nitrogens with zero attached hydrogens (tertiary/aromatic N) is 1. The average Bonchev–Trinajstić information content (AvgIpc) is 2.91. The molecule has 1 unspecified atom stereocenters. The van der Waals surface area contributed by atoms with Crippen LogP contribution < -0.4 is 5.73 Å². The second-order valence-electron chi connectivity index (χ2n) is 4.38. The number of benzene rings is 1. The van der Waals surface area contributed by atoms with Crippen molar-refractivity contribution in [2.75, 3.05) is 20.3 Å². The molecule has 0 radical (unpaired) electrons. The Morgan fingerprint density at radius 3 is 2.39 bits per heavy atom. The number of rotatable bonds is 3. The predicted octanol–water partition coefficient (Wildman–Crippen LogP) is 0.646. The summed E-state index contributed by atoms with van der Waals surface area (Å²) >= 11 is 0. The lowest BCUT2D eigenvalue weighted by Crippen LogP contribution is -2.37. The van der Waals surface area contributed by atoms with E-state index in [1.165, 1.54) is 0 Å². The van der Waals surface area contributed by atoms with Crippen LogP contribution in [0.1, 0.15) is 27.1 Å². The topological polar surface area (TPSA) is 72.6 Å². The van der Waals surface area contributed by atoms with E-state index in [4.69, 9.17) is 10.5 Å². The molecule has 0 aliphatic carbocycles. The van der Waals surface area contributed by atoms with Gasteiger partial charge in [0, 0.05) is 24.8 Å². The van der Waals surface area contributed by atoms with Gasteiger partial charge in [-0.05, 0) is 30.7 Å². The van der Waals surface area contributed by atoms with E-state index in [1.807, 2.05) is 0 Å². The summed E-state index contributed by atoms with van der Waals surface area (Å²) in [7, 11) is 1.77. The van der Waals surface area contributed by atoms with Gasteiger partial charge in [-0.15, -0.1) is 0 Å². The molecule has 18 heavy (non-hydrogen) atoms. The number of likely N-dealkylation sites (N-methyl/N-ethyl adjacent to an activating group) is 1. The molecule has 1 saturated heterocycles. The highest BCUT2D eigenvalue weighted by atomic mass is 16.5. The second kappa shape index (κ2) is 5.18. The zero-order valence-corrected chi connectivity index (χ0v) is 10.3. The van der Waals surface area contributed by atoms with Gasteiger partial charge in [-0.3, -0.25) is 9.59 Å². The van der Waals surface area contributed by atoms with E-state index in [1.54, 1.807) is 36.2 Å². The van der Waals surface area contributed by atoms with Gasteiger partial charge >= 0.3 is 0 Å². The van der Waals surface area contributed by atoms with Crippen LogP contribution in [-0.4, -0.2) is 43.0 Å². The van der Waals surface area contributed by atoms with Gasteiger partial charge in [-0.25, -0.2) is 0 Å². The van der Waals surface area contributed by atoms with E-state index in [-0.39, 0.29) is 11.9 Å². The normalized spacial score (nSPS) is 18.6. The number of carbonyl (C=O) groups excluding carboxylic acids is 2. The number of primary amides is 1. The van der Waals surface area contributed by atoms with Crippen LogP contribution in [0, 0.1) is 0 Å². The Kier molecular flexibility index (Phi) is 3.62. The molecule has 1 aliphatic rings. The minimum absolute atomic E-state index is 0.0680. The van der Waals surface area contributed by atoms with Crippen LogP contribution in [0.2, 0.25) is 0 Å². The Labute approximate surface area is 106 Å². The monoisotopic (exact) mass is 248 g/mol. The fourth-order valence-electron chi connectivity index (χ4n) is 1.97. The van der Waals surface area contributed by atoms with Gasteiger partial charge in [0.25, 0.3) is 5.91 Å². The van der Waals surface area contributed by atoms with E-state index in [0.717, 1.165) is 6.42 Å². The quantitative estimate of drug-likeness (QED) is 0.853. The van der Waals surface area contributed by atoms with E-state index in [2.05, 4.69) is 0 Å². The first-order chi connectivity index (χ1) is 8.59. The number of ether oxygens (including phenoxy) is 1. The van der Waals surface area contributed by atoms with Gasteiger partial charge in [0.1, 0.15) is 0 Å². The van der Waals surface area contributed by atoms with Crippen molar-refractivity contribution in [3.63, 3.8) is 0 Å². The largest absolute Gasteiger partial charge is 0.379 e. The van der Waals surface area contributed by atoms with E-state index < -0.39 is 5.91 Å². The molecular weight excluding hydrogens is 232 g/mol. The Bertz CT molecular complexity index is 450. The molecule has 0 bridgehead atoms. The van der Waals surface area contributed by atoms with Crippen molar-refractivity contribution in [3.05, 3.63) is 35.4 Å². The molecule has 1 aromatic rings. The summed E-state index contributed by atoms with van der Waals surface area (Å²) in [6.07, 6.45) is 0.863. The summed E-state index contributed by atoms with van der Waals surface area (Å²) in [4.78, 5) is 24.8. The number of hydrogen-bond donors (Lipinski definition) is 1. The molecule has 5 nitrogen and oxygen atoms in total. The highest BCUT2D eigenvalue weighted by Gasteiger charge is 2.24. The van der Waals surface area contributed by atoms with Crippen molar-refractivity contribution < 1.29 is 14.3 Å². The Morgan fingerprint density at radius 1 is 1.28 bits per heavy atom. The zero-order valence-electron chi connectivity index (χ0n) is 10.3. The van der Waals surface area contributed by atoms with Crippen LogP contribution in [0.5, 0.6) is 0 Å². The Balaban J connectivity index is 2.10. The van der Waals surface area contributed by atoms with Gasteiger partial charge in [0.15, 0.2) is 0 Å².